The lowest BCUT2D eigenvalue weighted by atomic mass is 10.1. The van der Waals surface area contributed by atoms with Gasteiger partial charge in [0.15, 0.2) is 0 Å². The molecule has 1 atom stereocenters. The SMILES string of the molecule is CCNC(CCOC)Cc1csc(C)n1. The van der Waals surface area contributed by atoms with Crippen LogP contribution in [0.3, 0.4) is 0 Å². The van der Waals surface area contributed by atoms with Gasteiger partial charge in [0.25, 0.3) is 0 Å². The number of aromatic nitrogens is 1. The number of rotatable bonds is 7. The van der Waals surface area contributed by atoms with Gasteiger partial charge in [0, 0.05) is 31.6 Å². The van der Waals surface area contributed by atoms with Gasteiger partial charge in [0.1, 0.15) is 0 Å². The van der Waals surface area contributed by atoms with E-state index in [4.69, 9.17) is 4.74 Å². The predicted molar refractivity (Wildman–Crippen MR) is 64.5 cm³/mol. The van der Waals surface area contributed by atoms with Crippen molar-refractivity contribution in [1.29, 1.82) is 0 Å². The largest absolute Gasteiger partial charge is 0.385 e. The standard InChI is InChI=1S/C11H20N2OS/c1-4-12-10(5-6-14-3)7-11-8-15-9(2)13-11/h8,10,12H,4-7H2,1-3H3. The van der Waals surface area contributed by atoms with Crippen LogP contribution in [0.1, 0.15) is 24.0 Å². The van der Waals surface area contributed by atoms with Crippen molar-refractivity contribution in [3.63, 3.8) is 0 Å². The zero-order chi connectivity index (χ0) is 11.1. The number of methoxy groups -OCH3 is 1. The first-order valence-corrected chi connectivity index (χ1v) is 6.27. The van der Waals surface area contributed by atoms with Gasteiger partial charge in [-0.15, -0.1) is 11.3 Å². The second-order valence-corrected chi connectivity index (χ2v) is 4.66. The normalized spacial score (nSPS) is 13.0. The molecule has 0 aliphatic heterocycles. The molecule has 0 radical (unpaired) electrons. The van der Waals surface area contributed by atoms with Gasteiger partial charge >= 0.3 is 0 Å². The molecular formula is C11H20N2OS. The van der Waals surface area contributed by atoms with Gasteiger partial charge in [-0.05, 0) is 19.9 Å². The van der Waals surface area contributed by atoms with E-state index in [0.717, 1.165) is 31.0 Å². The number of hydrogen-bond donors (Lipinski definition) is 1. The van der Waals surface area contributed by atoms with Crippen LogP contribution in [-0.2, 0) is 11.2 Å². The Kier molecular flexibility index (Phi) is 5.83. The van der Waals surface area contributed by atoms with Gasteiger partial charge in [-0.3, -0.25) is 0 Å². The zero-order valence-corrected chi connectivity index (χ0v) is 10.6. The molecule has 1 rings (SSSR count). The minimum atomic E-state index is 0.483. The maximum absolute atomic E-state index is 5.10. The van der Waals surface area contributed by atoms with Crippen LogP contribution in [0, 0.1) is 6.92 Å². The summed E-state index contributed by atoms with van der Waals surface area (Å²) in [6.07, 6.45) is 2.04. The summed E-state index contributed by atoms with van der Waals surface area (Å²) >= 11 is 1.72. The van der Waals surface area contributed by atoms with Crippen LogP contribution in [0.25, 0.3) is 0 Å². The quantitative estimate of drug-likeness (QED) is 0.775. The summed E-state index contributed by atoms with van der Waals surface area (Å²) in [5, 5.41) is 6.75. The van der Waals surface area contributed by atoms with E-state index in [0.29, 0.717) is 6.04 Å². The Bertz CT molecular complexity index is 275. The van der Waals surface area contributed by atoms with Crippen molar-refractivity contribution in [3.05, 3.63) is 16.1 Å². The molecule has 1 aromatic rings. The summed E-state index contributed by atoms with van der Waals surface area (Å²) in [7, 11) is 1.75. The van der Waals surface area contributed by atoms with E-state index < -0.39 is 0 Å². The van der Waals surface area contributed by atoms with Crippen LogP contribution >= 0.6 is 11.3 Å². The highest BCUT2D eigenvalue weighted by atomic mass is 32.1. The van der Waals surface area contributed by atoms with Gasteiger partial charge in [0.2, 0.25) is 0 Å². The second kappa shape index (κ2) is 6.93. The summed E-state index contributed by atoms with van der Waals surface area (Å²) in [6, 6.07) is 0.483. The first-order valence-electron chi connectivity index (χ1n) is 5.39. The average molecular weight is 228 g/mol. The van der Waals surface area contributed by atoms with Crippen LogP contribution < -0.4 is 5.32 Å². The highest BCUT2D eigenvalue weighted by Gasteiger charge is 2.09. The third kappa shape index (κ3) is 4.73. The second-order valence-electron chi connectivity index (χ2n) is 3.60. The molecule has 86 valence electrons. The minimum absolute atomic E-state index is 0.483. The van der Waals surface area contributed by atoms with E-state index in [9.17, 15) is 0 Å². The number of nitrogens with zero attached hydrogens (tertiary/aromatic N) is 1. The van der Waals surface area contributed by atoms with Crippen molar-refractivity contribution in [2.24, 2.45) is 0 Å². The highest BCUT2D eigenvalue weighted by molar-refractivity contribution is 7.09. The Labute approximate surface area is 95.9 Å². The monoisotopic (exact) mass is 228 g/mol. The number of ether oxygens (including phenoxy) is 1. The molecule has 0 spiro atoms. The first kappa shape index (κ1) is 12.6. The van der Waals surface area contributed by atoms with Gasteiger partial charge in [-0.2, -0.15) is 0 Å². The Morgan fingerprint density at radius 1 is 1.60 bits per heavy atom. The molecule has 0 saturated heterocycles. The lowest BCUT2D eigenvalue weighted by molar-refractivity contribution is 0.182. The summed E-state index contributed by atoms with van der Waals surface area (Å²) in [6.45, 7) is 5.98. The Morgan fingerprint density at radius 3 is 2.93 bits per heavy atom. The Hall–Kier alpha value is -0.450. The van der Waals surface area contributed by atoms with Crippen LogP contribution in [0.5, 0.6) is 0 Å². The van der Waals surface area contributed by atoms with Crippen LogP contribution in [0.2, 0.25) is 0 Å². The maximum Gasteiger partial charge on any atom is 0.0897 e. The van der Waals surface area contributed by atoms with Gasteiger partial charge < -0.3 is 10.1 Å². The van der Waals surface area contributed by atoms with Crippen molar-refractivity contribution >= 4 is 11.3 Å². The molecule has 15 heavy (non-hydrogen) atoms. The van der Waals surface area contributed by atoms with Crippen molar-refractivity contribution in [2.45, 2.75) is 32.7 Å². The molecule has 3 nitrogen and oxygen atoms in total. The van der Waals surface area contributed by atoms with Crippen LogP contribution in [0.4, 0.5) is 0 Å². The average Bonchev–Trinajstić information content (AvgIpc) is 2.61. The Morgan fingerprint density at radius 2 is 2.40 bits per heavy atom. The predicted octanol–water partition coefficient (Wildman–Crippen LogP) is 2.01. The number of thiazole rings is 1. The molecule has 0 saturated carbocycles. The fraction of sp³-hybridized carbons (Fsp3) is 0.727. The topological polar surface area (TPSA) is 34.1 Å². The molecule has 1 heterocycles. The van der Waals surface area contributed by atoms with Crippen LogP contribution in [-0.4, -0.2) is 31.3 Å². The van der Waals surface area contributed by atoms with E-state index in [1.165, 1.54) is 5.69 Å². The summed E-state index contributed by atoms with van der Waals surface area (Å²) in [5.74, 6) is 0. The molecule has 0 amide bonds. The number of hydrogen-bond acceptors (Lipinski definition) is 4. The van der Waals surface area contributed by atoms with Crippen LogP contribution in [0.15, 0.2) is 5.38 Å². The highest BCUT2D eigenvalue weighted by Crippen LogP contribution is 2.11. The van der Waals surface area contributed by atoms with Gasteiger partial charge in [-0.25, -0.2) is 4.98 Å². The number of likely N-dealkylation sites (N-methyl/N-ethyl adjacent to an activating group) is 1. The zero-order valence-electron chi connectivity index (χ0n) is 9.75. The number of aryl methyl sites for hydroxylation is 1. The summed E-state index contributed by atoms with van der Waals surface area (Å²) in [4.78, 5) is 4.48. The minimum Gasteiger partial charge on any atom is -0.385 e. The molecule has 0 aliphatic carbocycles. The molecule has 0 aromatic carbocycles. The number of nitrogens with one attached hydrogen (secondary N) is 1. The van der Waals surface area contributed by atoms with E-state index in [2.05, 4.69) is 22.6 Å². The van der Waals surface area contributed by atoms with E-state index in [1.54, 1.807) is 18.4 Å². The van der Waals surface area contributed by atoms with Crippen molar-refractivity contribution < 1.29 is 4.74 Å². The molecule has 4 heteroatoms. The lowest BCUT2D eigenvalue weighted by Crippen LogP contribution is -2.32. The molecule has 0 aliphatic rings. The fourth-order valence-electron chi connectivity index (χ4n) is 1.58. The maximum atomic E-state index is 5.10. The van der Waals surface area contributed by atoms with Crippen molar-refractivity contribution in [1.82, 2.24) is 10.3 Å². The third-order valence-electron chi connectivity index (χ3n) is 2.29. The molecular weight excluding hydrogens is 208 g/mol. The fourth-order valence-corrected chi connectivity index (χ4v) is 2.21. The van der Waals surface area contributed by atoms with Crippen molar-refractivity contribution in [2.75, 3.05) is 20.3 Å². The summed E-state index contributed by atoms with van der Waals surface area (Å²) < 4.78 is 5.10. The first-order chi connectivity index (χ1) is 7.26. The smallest absolute Gasteiger partial charge is 0.0897 e. The van der Waals surface area contributed by atoms with Crippen molar-refractivity contribution in [3.8, 4) is 0 Å². The Balaban J connectivity index is 2.42. The third-order valence-corrected chi connectivity index (χ3v) is 3.11. The molecule has 1 N–H and O–H groups in total. The molecule has 0 fully saturated rings. The molecule has 0 bridgehead atoms. The van der Waals surface area contributed by atoms with E-state index >= 15 is 0 Å². The van der Waals surface area contributed by atoms with Gasteiger partial charge in [-0.1, -0.05) is 6.92 Å². The molecule has 1 aromatic heterocycles. The lowest BCUT2D eigenvalue weighted by Gasteiger charge is -2.15. The summed E-state index contributed by atoms with van der Waals surface area (Å²) in [5.41, 5.74) is 1.19. The molecule has 1 unspecified atom stereocenters. The van der Waals surface area contributed by atoms with E-state index in [1.807, 2.05) is 6.92 Å². The van der Waals surface area contributed by atoms with E-state index in [-0.39, 0.29) is 0 Å². The van der Waals surface area contributed by atoms with Gasteiger partial charge in [0.05, 0.1) is 10.7 Å².